The van der Waals surface area contributed by atoms with Crippen molar-refractivity contribution in [1.29, 1.82) is 0 Å². The molecule has 0 saturated carbocycles. The highest BCUT2D eigenvalue weighted by Gasteiger charge is 2.20. The zero-order valence-electron chi connectivity index (χ0n) is 7.02. The number of oxazole rings is 1. The van der Waals surface area contributed by atoms with E-state index in [0.29, 0.717) is 24.3 Å². The quantitative estimate of drug-likeness (QED) is 0.721. The molecule has 72 valence electrons. The Bertz CT molecular complexity index is 275. The van der Waals surface area contributed by atoms with Crippen LogP contribution >= 0.6 is 0 Å². The first-order chi connectivity index (χ1) is 6.27. The molecule has 0 fully saturated rings. The van der Waals surface area contributed by atoms with Gasteiger partial charge in [0, 0.05) is 25.9 Å². The van der Waals surface area contributed by atoms with E-state index in [1.54, 1.807) is 0 Å². The lowest BCUT2D eigenvalue weighted by Gasteiger charge is -1.95. The van der Waals surface area contributed by atoms with E-state index in [0.717, 1.165) is 13.1 Å². The Labute approximate surface area is 74.1 Å². The second-order valence-corrected chi connectivity index (χ2v) is 2.97. The molecule has 0 bridgehead atoms. The van der Waals surface area contributed by atoms with E-state index in [1.165, 1.54) is 0 Å². The molecule has 1 aromatic heterocycles. The molecule has 0 aliphatic carbocycles. The maximum atomic E-state index is 12.2. The maximum Gasteiger partial charge on any atom is 0.313 e. The first-order valence-electron chi connectivity index (χ1n) is 4.24. The smallest absolute Gasteiger partial charge is 0.313 e. The summed E-state index contributed by atoms with van der Waals surface area (Å²) in [7, 11) is 0. The van der Waals surface area contributed by atoms with Crippen molar-refractivity contribution >= 4 is 0 Å². The molecule has 1 aliphatic rings. The monoisotopic (exact) mass is 188 g/mol. The number of hydrogen-bond donors (Lipinski definition) is 1. The summed E-state index contributed by atoms with van der Waals surface area (Å²) in [6, 6.07) is 0. The van der Waals surface area contributed by atoms with Gasteiger partial charge in [-0.1, -0.05) is 0 Å². The van der Waals surface area contributed by atoms with Crippen LogP contribution in [0.25, 0.3) is 0 Å². The van der Waals surface area contributed by atoms with Crippen LogP contribution in [0.15, 0.2) is 4.42 Å². The lowest BCUT2D eigenvalue weighted by atomic mass is 10.2. The van der Waals surface area contributed by atoms with E-state index in [2.05, 4.69) is 10.3 Å². The molecule has 13 heavy (non-hydrogen) atoms. The van der Waals surface area contributed by atoms with Crippen LogP contribution in [-0.4, -0.2) is 18.1 Å². The molecule has 0 amide bonds. The molecule has 1 N–H and O–H groups in total. The number of aromatic nitrogens is 1. The fourth-order valence-corrected chi connectivity index (χ4v) is 1.42. The molecular weight excluding hydrogens is 178 g/mol. The van der Waals surface area contributed by atoms with Gasteiger partial charge in [0.15, 0.2) is 0 Å². The summed E-state index contributed by atoms with van der Waals surface area (Å²) in [5.74, 6) is 0.173. The SMILES string of the molecule is FC(F)c1nc2c(o1)CCNCC2. The van der Waals surface area contributed by atoms with E-state index >= 15 is 0 Å². The average Bonchev–Trinajstić information content (AvgIpc) is 2.38. The lowest BCUT2D eigenvalue weighted by Crippen LogP contribution is -2.16. The van der Waals surface area contributed by atoms with Crippen LogP contribution in [0.4, 0.5) is 8.78 Å². The highest BCUT2D eigenvalue weighted by atomic mass is 19.3. The summed E-state index contributed by atoms with van der Waals surface area (Å²) in [6.45, 7) is 1.55. The van der Waals surface area contributed by atoms with Crippen molar-refractivity contribution in [3.8, 4) is 0 Å². The Hall–Kier alpha value is -0.970. The summed E-state index contributed by atoms with van der Waals surface area (Å²) < 4.78 is 29.3. The maximum absolute atomic E-state index is 12.2. The van der Waals surface area contributed by atoms with Crippen LogP contribution in [0.3, 0.4) is 0 Å². The largest absolute Gasteiger partial charge is 0.440 e. The fraction of sp³-hybridized carbons (Fsp3) is 0.625. The van der Waals surface area contributed by atoms with Gasteiger partial charge >= 0.3 is 6.43 Å². The van der Waals surface area contributed by atoms with E-state index in [4.69, 9.17) is 4.42 Å². The fourth-order valence-electron chi connectivity index (χ4n) is 1.42. The van der Waals surface area contributed by atoms with Gasteiger partial charge in [0.25, 0.3) is 5.89 Å². The number of rotatable bonds is 1. The molecule has 2 heterocycles. The van der Waals surface area contributed by atoms with Crippen molar-refractivity contribution in [2.24, 2.45) is 0 Å². The molecule has 0 unspecified atom stereocenters. The zero-order chi connectivity index (χ0) is 9.26. The summed E-state index contributed by atoms with van der Waals surface area (Å²) in [4.78, 5) is 3.75. The van der Waals surface area contributed by atoms with Crippen molar-refractivity contribution in [1.82, 2.24) is 10.3 Å². The molecule has 1 aromatic rings. The van der Waals surface area contributed by atoms with Gasteiger partial charge in [0.1, 0.15) is 5.76 Å². The number of halogens is 2. The van der Waals surface area contributed by atoms with Crippen LogP contribution in [0.5, 0.6) is 0 Å². The van der Waals surface area contributed by atoms with Crippen molar-refractivity contribution < 1.29 is 13.2 Å². The minimum absolute atomic E-state index is 0.438. The Morgan fingerprint density at radius 3 is 2.85 bits per heavy atom. The van der Waals surface area contributed by atoms with Crippen LogP contribution in [-0.2, 0) is 12.8 Å². The van der Waals surface area contributed by atoms with Crippen LogP contribution in [0, 0.1) is 0 Å². The molecule has 5 heteroatoms. The van der Waals surface area contributed by atoms with Crippen LogP contribution in [0.1, 0.15) is 23.8 Å². The number of alkyl halides is 2. The molecule has 0 atom stereocenters. The second kappa shape index (κ2) is 3.41. The Kier molecular flexibility index (Phi) is 2.26. The minimum Gasteiger partial charge on any atom is -0.440 e. The second-order valence-electron chi connectivity index (χ2n) is 2.97. The van der Waals surface area contributed by atoms with Gasteiger partial charge in [0.2, 0.25) is 0 Å². The zero-order valence-corrected chi connectivity index (χ0v) is 7.02. The van der Waals surface area contributed by atoms with Crippen molar-refractivity contribution in [3.63, 3.8) is 0 Å². The molecule has 0 radical (unpaired) electrons. The van der Waals surface area contributed by atoms with Gasteiger partial charge < -0.3 is 9.73 Å². The normalized spacial score (nSPS) is 17.2. The molecule has 0 saturated heterocycles. The summed E-state index contributed by atoms with van der Waals surface area (Å²) >= 11 is 0. The molecule has 2 rings (SSSR count). The number of fused-ring (bicyclic) bond motifs is 1. The predicted molar refractivity (Wildman–Crippen MR) is 41.7 cm³/mol. The van der Waals surface area contributed by atoms with Gasteiger partial charge in [0.05, 0.1) is 5.69 Å². The van der Waals surface area contributed by atoms with Gasteiger partial charge in [-0.05, 0) is 0 Å². The summed E-state index contributed by atoms with van der Waals surface area (Å²) in [5, 5.41) is 3.14. The highest BCUT2D eigenvalue weighted by Crippen LogP contribution is 2.22. The number of nitrogens with one attached hydrogen (secondary N) is 1. The van der Waals surface area contributed by atoms with Gasteiger partial charge in [-0.3, -0.25) is 0 Å². The lowest BCUT2D eigenvalue weighted by molar-refractivity contribution is 0.113. The number of nitrogens with zero attached hydrogens (tertiary/aromatic N) is 1. The molecule has 3 nitrogen and oxygen atoms in total. The van der Waals surface area contributed by atoms with Crippen LogP contribution in [0.2, 0.25) is 0 Å². The van der Waals surface area contributed by atoms with Gasteiger partial charge in [-0.2, -0.15) is 8.78 Å². The number of hydrogen-bond acceptors (Lipinski definition) is 3. The van der Waals surface area contributed by atoms with E-state index < -0.39 is 12.3 Å². The average molecular weight is 188 g/mol. The molecular formula is C8H10F2N2O. The Balaban J connectivity index is 2.27. The molecule has 1 aliphatic heterocycles. The minimum atomic E-state index is -2.60. The van der Waals surface area contributed by atoms with Crippen molar-refractivity contribution in [2.75, 3.05) is 13.1 Å². The van der Waals surface area contributed by atoms with E-state index in [1.807, 2.05) is 0 Å². The summed E-state index contributed by atoms with van der Waals surface area (Å²) in [6.07, 6.45) is -1.28. The third-order valence-electron chi connectivity index (χ3n) is 2.05. The third kappa shape index (κ3) is 1.70. The van der Waals surface area contributed by atoms with Gasteiger partial charge in [-0.25, -0.2) is 4.98 Å². The third-order valence-corrected chi connectivity index (χ3v) is 2.05. The van der Waals surface area contributed by atoms with E-state index in [-0.39, 0.29) is 0 Å². The van der Waals surface area contributed by atoms with Crippen LogP contribution < -0.4 is 5.32 Å². The summed E-state index contributed by atoms with van der Waals surface area (Å²) in [5.41, 5.74) is 0.681. The van der Waals surface area contributed by atoms with Gasteiger partial charge in [-0.15, -0.1) is 0 Å². The highest BCUT2D eigenvalue weighted by molar-refractivity contribution is 5.13. The Morgan fingerprint density at radius 2 is 2.08 bits per heavy atom. The Morgan fingerprint density at radius 1 is 1.31 bits per heavy atom. The standard InChI is InChI=1S/C8H10F2N2O/c9-7(10)8-12-5-1-3-11-4-2-6(5)13-8/h7,11H,1-4H2. The molecule has 0 spiro atoms. The van der Waals surface area contributed by atoms with E-state index in [9.17, 15) is 8.78 Å². The predicted octanol–water partition coefficient (Wildman–Crippen LogP) is 1.30. The van der Waals surface area contributed by atoms with Crippen molar-refractivity contribution in [3.05, 3.63) is 17.3 Å². The first kappa shape index (κ1) is 8.62. The molecule has 0 aromatic carbocycles. The topological polar surface area (TPSA) is 38.1 Å². The first-order valence-corrected chi connectivity index (χ1v) is 4.24. The van der Waals surface area contributed by atoms with Crippen molar-refractivity contribution in [2.45, 2.75) is 19.3 Å².